The number of nitrogens with zero attached hydrogens (tertiary/aromatic N) is 2. The Balaban J connectivity index is 1.01. The summed E-state index contributed by atoms with van der Waals surface area (Å²) in [6.07, 6.45) is 0. The molecule has 2 aromatic heterocycles. The molecular formula is C54H33BN2O3. The number of para-hydroxylation sites is 5. The highest BCUT2D eigenvalue weighted by molar-refractivity contribution is 6.98. The highest BCUT2D eigenvalue weighted by Gasteiger charge is 2.41. The Bertz CT molecular complexity index is 3450. The van der Waals surface area contributed by atoms with Crippen molar-refractivity contribution in [2.75, 3.05) is 4.90 Å². The van der Waals surface area contributed by atoms with Gasteiger partial charge in [0.25, 0.3) is 6.71 Å². The Hall–Kier alpha value is -7.96. The normalized spacial score (nSPS) is 12.6. The molecule has 280 valence electrons. The van der Waals surface area contributed by atoms with Crippen LogP contribution in [0, 0.1) is 0 Å². The summed E-state index contributed by atoms with van der Waals surface area (Å²) in [5.74, 6) is 3.21. The molecule has 0 spiro atoms. The fourth-order valence-electron chi connectivity index (χ4n) is 9.61. The lowest BCUT2D eigenvalue weighted by Crippen LogP contribution is -2.57. The summed E-state index contributed by atoms with van der Waals surface area (Å²) >= 11 is 0. The Morgan fingerprint density at radius 2 is 0.950 bits per heavy atom. The molecule has 0 saturated heterocycles. The highest BCUT2D eigenvalue weighted by Crippen LogP contribution is 2.43. The zero-order valence-corrected chi connectivity index (χ0v) is 32.2. The van der Waals surface area contributed by atoms with Crippen LogP contribution in [0.25, 0.3) is 60.6 Å². The van der Waals surface area contributed by atoms with E-state index in [-0.39, 0.29) is 6.71 Å². The minimum absolute atomic E-state index is 0.134. The van der Waals surface area contributed by atoms with Crippen molar-refractivity contribution in [1.82, 2.24) is 4.57 Å². The molecule has 0 unspecified atom stereocenters. The van der Waals surface area contributed by atoms with Crippen LogP contribution in [-0.2, 0) is 0 Å². The molecule has 0 aliphatic carbocycles. The number of hydrogen-bond acceptors (Lipinski definition) is 4. The second-order valence-electron chi connectivity index (χ2n) is 15.7. The molecule has 0 radical (unpaired) electrons. The number of anilines is 3. The number of fused-ring (bicyclic) bond motifs is 10. The second-order valence-corrected chi connectivity index (χ2v) is 15.7. The van der Waals surface area contributed by atoms with Gasteiger partial charge < -0.3 is 23.4 Å². The number of benzene rings is 9. The smallest absolute Gasteiger partial charge is 0.260 e. The van der Waals surface area contributed by atoms with E-state index in [4.69, 9.17) is 13.9 Å². The van der Waals surface area contributed by atoms with Crippen LogP contribution in [-0.4, -0.2) is 11.3 Å². The first-order valence-electron chi connectivity index (χ1n) is 20.4. The van der Waals surface area contributed by atoms with Gasteiger partial charge in [-0.25, -0.2) is 0 Å². The summed E-state index contributed by atoms with van der Waals surface area (Å²) in [7, 11) is 0. The van der Waals surface area contributed by atoms with Crippen molar-refractivity contribution in [3.63, 3.8) is 0 Å². The molecule has 60 heavy (non-hydrogen) atoms. The van der Waals surface area contributed by atoms with Crippen LogP contribution in [0.15, 0.2) is 205 Å². The monoisotopic (exact) mass is 768 g/mol. The molecule has 4 heterocycles. The standard InChI is InChI=1S/C54H33BN2O3/c1-4-14-36(15-5-1)56(37-16-6-2-7-17-37)39-26-24-34(25-27-39)35-28-52-54-53(29-35)60-51-33-49-43(41-21-11-13-23-48(41)58-49)31-45(51)55(54)44-30-42-40-20-10-12-22-46(40)57(38-18-8-3-9-19-38)47(42)32-50(44)59-52/h1-33H. The van der Waals surface area contributed by atoms with Crippen LogP contribution in [0.5, 0.6) is 23.0 Å². The molecule has 0 amide bonds. The van der Waals surface area contributed by atoms with E-state index in [1.165, 1.54) is 10.8 Å². The summed E-state index contributed by atoms with van der Waals surface area (Å²) < 4.78 is 22.8. The van der Waals surface area contributed by atoms with Gasteiger partial charge in [0.1, 0.15) is 34.2 Å². The third-order valence-electron chi connectivity index (χ3n) is 12.3. The Morgan fingerprint density at radius 3 is 1.65 bits per heavy atom. The summed E-state index contributed by atoms with van der Waals surface area (Å²) in [4.78, 5) is 2.28. The number of aromatic nitrogens is 1. The number of furan rings is 1. The SMILES string of the molecule is c1ccc(N(c2ccccc2)c2ccc(-c3cc4c5c(c3)Oc3cc6c(cc3B5c3cc5c(cc3O4)oc3ccccc35)c3ccccc3n6-c3ccccc3)cc2)cc1. The van der Waals surface area contributed by atoms with E-state index in [1.807, 2.05) is 12.1 Å². The molecule has 0 bridgehead atoms. The van der Waals surface area contributed by atoms with Crippen molar-refractivity contribution in [2.45, 2.75) is 0 Å². The quantitative estimate of drug-likeness (QED) is 0.164. The topological polar surface area (TPSA) is 39.8 Å². The summed E-state index contributed by atoms with van der Waals surface area (Å²) in [6.45, 7) is -0.134. The zero-order valence-electron chi connectivity index (χ0n) is 32.2. The van der Waals surface area contributed by atoms with Gasteiger partial charge in [0, 0.05) is 61.9 Å². The van der Waals surface area contributed by atoms with Crippen molar-refractivity contribution in [3.05, 3.63) is 200 Å². The number of hydrogen-bond donors (Lipinski definition) is 0. The molecule has 0 fully saturated rings. The molecule has 2 aliphatic rings. The third-order valence-corrected chi connectivity index (χ3v) is 12.3. The maximum atomic E-state index is 7.10. The minimum atomic E-state index is -0.134. The van der Waals surface area contributed by atoms with Crippen LogP contribution in [0.3, 0.4) is 0 Å². The molecule has 5 nitrogen and oxygen atoms in total. The van der Waals surface area contributed by atoms with E-state index in [0.717, 1.165) is 106 Å². The van der Waals surface area contributed by atoms with E-state index < -0.39 is 0 Å². The van der Waals surface area contributed by atoms with E-state index in [2.05, 4.69) is 198 Å². The first kappa shape index (κ1) is 33.1. The van der Waals surface area contributed by atoms with E-state index >= 15 is 0 Å². The van der Waals surface area contributed by atoms with Crippen molar-refractivity contribution < 1.29 is 13.9 Å². The van der Waals surface area contributed by atoms with Crippen LogP contribution in [0.4, 0.5) is 17.1 Å². The van der Waals surface area contributed by atoms with Crippen molar-refractivity contribution in [3.8, 4) is 39.8 Å². The van der Waals surface area contributed by atoms with Crippen LogP contribution >= 0.6 is 0 Å². The number of ether oxygens (including phenoxy) is 2. The minimum Gasteiger partial charge on any atom is -0.458 e. The average Bonchev–Trinajstić information content (AvgIpc) is 3.83. The van der Waals surface area contributed by atoms with Gasteiger partial charge in [-0.15, -0.1) is 0 Å². The van der Waals surface area contributed by atoms with Crippen molar-refractivity contribution in [1.29, 1.82) is 0 Å². The van der Waals surface area contributed by atoms with Gasteiger partial charge in [-0.2, -0.15) is 0 Å². The zero-order chi connectivity index (χ0) is 39.3. The van der Waals surface area contributed by atoms with Gasteiger partial charge in [0.05, 0.1) is 11.0 Å². The summed E-state index contributed by atoms with van der Waals surface area (Å²) in [5.41, 5.74) is 13.6. The molecule has 0 saturated carbocycles. The van der Waals surface area contributed by atoms with Crippen molar-refractivity contribution in [2.24, 2.45) is 0 Å². The first-order valence-corrected chi connectivity index (χ1v) is 20.4. The summed E-state index contributed by atoms with van der Waals surface area (Å²) in [6, 6.07) is 70.5. The Labute approximate surface area is 346 Å². The maximum Gasteiger partial charge on any atom is 0.260 e. The van der Waals surface area contributed by atoms with E-state index in [1.54, 1.807) is 0 Å². The van der Waals surface area contributed by atoms with Gasteiger partial charge in [-0.1, -0.05) is 115 Å². The molecule has 0 atom stereocenters. The van der Waals surface area contributed by atoms with Gasteiger partial charge in [-0.05, 0) is 94.8 Å². The van der Waals surface area contributed by atoms with E-state index in [0.29, 0.717) is 0 Å². The fraction of sp³-hybridized carbons (Fsp3) is 0. The fourth-order valence-corrected chi connectivity index (χ4v) is 9.61. The van der Waals surface area contributed by atoms with Crippen LogP contribution in [0.2, 0.25) is 0 Å². The molecule has 6 heteroatoms. The highest BCUT2D eigenvalue weighted by atomic mass is 16.5. The Morgan fingerprint density at radius 1 is 0.383 bits per heavy atom. The van der Waals surface area contributed by atoms with Gasteiger partial charge in [-0.3, -0.25) is 0 Å². The van der Waals surface area contributed by atoms with Gasteiger partial charge in [0.15, 0.2) is 0 Å². The average molecular weight is 769 g/mol. The predicted molar refractivity (Wildman–Crippen MR) is 246 cm³/mol. The van der Waals surface area contributed by atoms with Gasteiger partial charge in [0.2, 0.25) is 0 Å². The molecule has 0 N–H and O–H groups in total. The maximum absolute atomic E-state index is 7.10. The second kappa shape index (κ2) is 12.8. The molecular weight excluding hydrogens is 735 g/mol. The lowest BCUT2D eigenvalue weighted by molar-refractivity contribution is 0.465. The molecule has 9 aromatic carbocycles. The van der Waals surface area contributed by atoms with Crippen LogP contribution in [0.1, 0.15) is 0 Å². The van der Waals surface area contributed by atoms with Gasteiger partial charge >= 0.3 is 0 Å². The predicted octanol–water partition coefficient (Wildman–Crippen LogP) is 12.5. The Kier molecular flexibility index (Phi) is 7.04. The summed E-state index contributed by atoms with van der Waals surface area (Å²) in [5, 5.41) is 4.54. The molecule has 11 aromatic rings. The van der Waals surface area contributed by atoms with Crippen LogP contribution < -0.4 is 30.8 Å². The number of rotatable bonds is 5. The van der Waals surface area contributed by atoms with Crippen molar-refractivity contribution >= 4 is 83.9 Å². The molecule has 2 aliphatic heterocycles. The lowest BCUT2D eigenvalue weighted by Gasteiger charge is -2.33. The lowest BCUT2D eigenvalue weighted by atomic mass is 9.34. The van der Waals surface area contributed by atoms with E-state index in [9.17, 15) is 0 Å². The molecule has 13 rings (SSSR count). The first-order chi connectivity index (χ1) is 29.7. The third kappa shape index (κ3) is 4.94. The largest absolute Gasteiger partial charge is 0.458 e.